The maximum Gasteiger partial charge on any atom is 0.417 e. The highest BCUT2D eigenvalue weighted by Crippen LogP contribution is 2.36. The number of nitrogens with zero attached hydrogens (tertiary/aromatic N) is 1. The minimum Gasteiger partial charge on any atom is -0.461 e. The maximum absolute atomic E-state index is 13.4. The number of imide groups is 1. The summed E-state index contributed by atoms with van der Waals surface area (Å²) in [6, 6.07) is 10.2. The van der Waals surface area contributed by atoms with Crippen molar-refractivity contribution < 1.29 is 38.1 Å². The number of benzene rings is 1. The summed E-state index contributed by atoms with van der Waals surface area (Å²) in [6.45, 7) is 3.56. The Kier molecular flexibility index (Phi) is 9.26. The number of furan rings is 1. The molecule has 0 unspecified atom stereocenters. The average molecular weight is 538 g/mol. The fourth-order valence-electron chi connectivity index (χ4n) is 3.76. The normalized spacial score (nSPS) is 17.4. The molecule has 1 aromatic carbocycles. The van der Waals surface area contributed by atoms with E-state index in [-0.39, 0.29) is 25.6 Å². The van der Waals surface area contributed by atoms with Crippen LogP contribution in [-0.4, -0.2) is 54.4 Å². The van der Waals surface area contributed by atoms with Crippen LogP contribution in [0.15, 0.2) is 45.3 Å². The Morgan fingerprint density at radius 1 is 1.26 bits per heavy atom. The number of aliphatic hydroxyl groups is 1. The van der Waals surface area contributed by atoms with Crippen LogP contribution in [0.3, 0.4) is 0 Å². The van der Waals surface area contributed by atoms with Crippen molar-refractivity contribution in [1.82, 2.24) is 4.90 Å². The van der Waals surface area contributed by atoms with E-state index < -0.39 is 36.0 Å². The summed E-state index contributed by atoms with van der Waals surface area (Å²) in [5, 5.41) is 8.78. The van der Waals surface area contributed by atoms with Gasteiger partial charge in [-0.05, 0) is 40.9 Å². The highest BCUT2D eigenvalue weighted by atomic mass is 79.9. The number of hydrogen-bond acceptors (Lipinski definition) is 8. The molecule has 2 aromatic rings. The molecule has 0 aliphatic carbocycles. The molecule has 3 atom stereocenters. The molecule has 1 N–H and O–H groups in total. The predicted molar refractivity (Wildman–Crippen MR) is 124 cm³/mol. The Balaban J connectivity index is 1.79. The number of aliphatic hydroxyl groups excluding tert-OH is 1. The molecule has 1 aliphatic heterocycles. The van der Waals surface area contributed by atoms with Crippen molar-refractivity contribution in [2.24, 2.45) is 5.92 Å². The van der Waals surface area contributed by atoms with Crippen LogP contribution in [0.5, 0.6) is 0 Å². The second-order valence-electron chi connectivity index (χ2n) is 7.89. The van der Waals surface area contributed by atoms with Crippen LogP contribution in [0.2, 0.25) is 0 Å². The smallest absolute Gasteiger partial charge is 0.417 e. The Hall–Kier alpha value is -2.69. The Labute approximate surface area is 206 Å². The van der Waals surface area contributed by atoms with E-state index >= 15 is 0 Å². The molecule has 1 aromatic heterocycles. The average Bonchev–Trinajstić information content (AvgIpc) is 3.39. The quantitative estimate of drug-likeness (QED) is 0.338. The number of amides is 2. The van der Waals surface area contributed by atoms with Gasteiger partial charge in [0.15, 0.2) is 6.10 Å². The van der Waals surface area contributed by atoms with E-state index in [1.807, 2.05) is 30.3 Å². The molecule has 184 valence electrons. The SMILES string of the molecule is CC(=O)O[C@H](c1cc(Br)c(CCCOCCO)o1)[C@H](C)C(=O)N1C(=O)OC[C@@H]1c1ccccc1. The number of carbonyl (C=O) groups excluding carboxylic acids is 3. The zero-order chi connectivity index (χ0) is 24.7. The van der Waals surface area contributed by atoms with E-state index in [1.165, 1.54) is 6.92 Å². The third kappa shape index (κ3) is 6.25. The molecule has 10 heteroatoms. The van der Waals surface area contributed by atoms with Crippen molar-refractivity contribution in [3.05, 3.63) is 58.0 Å². The molecule has 9 nitrogen and oxygen atoms in total. The largest absolute Gasteiger partial charge is 0.461 e. The van der Waals surface area contributed by atoms with Crippen LogP contribution >= 0.6 is 15.9 Å². The third-order valence-electron chi connectivity index (χ3n) is 5.42. The highest BCUT2D eigenvalue weighted by molar-refractivity contribution is 9.10. The highest BCUT2D eigenvalue weighted by Gasteiger charge is 2.44. The van der Waals surface area contributed by atoms with Crippen LogP contribution in [0, 0.1) is 5.92 Å². The molecule has 3 rings (SSSR count). The molecular formula is C24H28BrNO8. The van der Waals surface area contributed by atoms with E-state index in [9.17, 15) is 14.4 Å². The topological polar surface area (TPSA) is 116 Å². The van der Waals surface area contributed by atoms with E-state index in [1.54, 1.807) is 13.0 Å². The molecule has 1 saturated heterocycles. The maximum atomic E-state index is 13.4. The number of esters is 1. The van der Waals surface area contributed by atoms with E-state index in [2.05, 4.69) is 15.9 Å². The van der Waals surface area contributed by atoms with Gasteiger partial charge in [-0.15, -0.1) is 0 Å². The lowest BCUT2D eigenvalue weighted by Gasteiger charge is -2.27. The van der Waals surface area contributed by atoms with E-state index in [4.69, 9.17) is 23.7 Å². The number of cyclic esters (lactones) is 1. The number of hydrogen-bond donors (Lipinski definition) is 1. The number of aryl methyl sites for hydroxylation is 1. The summed E-state index contributed by atoms with van der Waals surface area (Å²) in [7, 11) is 0. The molecule has 0 radical (unpaired) electrons. The molecular weight excluding hydrogens is 510 g/mol. The first-order valence-electron chi connectivity index (χ1n) is 11.0. The number of ether oxygens (including phenoxy) is 3. The van der Waals surface area contributed by atoms with Crippen LogP contribution in [-0.2, 0) is 30.2 Å². The molecule has 0 spiro atoms. The first kappa shape index (κ1) is 25.9. The minimum absolute atomic E-state index is 0.0414. The van der Waals surface area contributed by atoms with Gasteiger partial charge in [-0.2, -0.15) is 0 Å². The van der Waals surface area contributed by atoms with Gasteiger partial charge in [0.1, 0.15) is 24.2 Å². The van der Waals surface area contributed by atoms with Gasteiger partial charge in [-0.25, -0.2) is 9.69 Å². The van der Waals surface area contributed by atoms with Crippen LogP contribution in [0.4, 0.5) is 4.79 Å². The fourth-order valence-corrected chi connectivity index (χ4v) is 4.26. The zero-order valence-corrected chi connectivity index (χ0v) is 20.7. The van der Waals surface area contributed by atoms with Gasteiger partial charge in [0.2, 0.25) is 5.91 Å². The lowest BCUT2D eigenvalue weighted by atomic mass is 9.98. The van der Waals surface area contributed by atoms with E-state index in [0.29, 0.717) is 29.7 Å². The van der Waals surface area contributed by atoms with Crippen LogP contribution < -0.4 is 0 Å². The standard InChI is InChI=1S/C24H28BrNO8/c1-15(23(29)26-19(14-32-24(26)30)17-7-4-3-5-8-17)22(33-16(2)28)21-13-18(25)20(34-21)9-6-11-31-12-10-27/h3-5,7-8,13,15,19,22,27H,6,9-12,14H2,1-2H3/t15-,19+,22-/m0/s1. The Bertz CT molecular complexity index is 992. The lowest BCUT2D eigenvalue weighted by molar-refractivity contribution is -0.154. The van der Waals surface area contributed by atoms with Crippen molar-refractivity contribution in [1.29, 1.82) is 0 Å². The predicted octanol–water partition coefficient (Wildman–Crippen LogP) is 3.94. The van der Waals surface area contributed by atoms with Gasteiger partial charge < -0.3 is 23.7 Å². The van der Waals surface area contributed by atoms with Crippen molar-refractivity contribution >= 4 is 33.9 Å². The number of carbonyl (C=O) groups is 3. The summed E-state index contributed by atoms with van der Waals surface area (Å²) in [5.74, 6) is -1.13. The van der Waals surface area contributed by atoms with Gasteiger partial charge >= 0.3 is 12.1 Å². The summed E-state index contributed by atoms with van der Waals surface area (Å²) in [4.78, 5) is 38.8. The van der Waals surface area contributed by atoms with Gasteiger partial charge in [0.25, 0.3) is 0 Å². The molecule has 0 saturated carbocycles. The first-order chi connectivity index (χ1) is 16.3. The van der Waals surface area contributed by atoms with Crippen molar-refractivity contribution in [2.45, 2.75) is 38.8 Å². The molecule has 1 aliphatic rings. The van der Waals surface area contributed by atoms with Gasteiger partial charge in [0.05, 0.1) is 23.6 Å². The number of rotatable bonds is 11. The van der Waals surface area contributed by atoms with Crippen molar-refractivity contribution in [3.8, 4) is 0 Å². The van der Waals surface area contributed by atoms with Gasteiger partial charge in [-0.3, -0.25) is 9.59 Å². The fraction of sp³-hybridized carbons (Fsp3) is 0.458. The molecule has 0 bridgehead atoms. The Morgan fingerprint density at radius 2 is 2.00 bits per heavy atom. The monoisotopic (exact) mass is 537 g/mol. The summed E-state index contributed by atoms with van der Waals surface area (Å²) in [5.41, 5.74) is 0.768. The van der Waals surface area contributed by atoms with Crippen molar-refractivity contribution in [2.75, 3.05) is 26.4 Å². The Morgan fingerprint density at radius 3 is 2.68 bits per heavy atom. The number of halogens is 1. The van der Waals surface area contributed by atoms with Crippen LogP contribution in [0.25, 0.3) is 0 Å². The molecule has 2 heterocycles. The second kappa shape index (κ2) is 12.1. The van der Waals surface area contributed by atoms with Gasteiger partial charge in [-0.1, -0.05) is 30.3 Å². The first-order valence-corrected chi connectivity index (χ1v) is 11.8. The molecule has 2 amide bonds. The second-order valence-corrected chi connectivity index (χ2v) is 8.74. The summed E-state index contributed by atoms with van der Waals surface area (Å²) < 4.78 is 22.5. The van der Waals surface area contributed by atoms with Crippen molar-refractivity contribution in [3.63, 3.8) is 0 Å². The molecule has 34 heavy (non-hydrogen) atoms. The minimum atomic E-state index is -1.04. The lowest BCUT2D eigenvalue weighted by Crippen LogP contribution is -2.40. The summed E-state index contributed by atoms with van der Waals surface area (Å²) in [6.07, 6.45) is -0.589. The van der Waals surface area contributed by atoms with Crippen LogP contribution in [0.1, 0.15) is 49.5 Å². The summed E-state index contributed by atoms with van der Waals surface area (Å²) >= 11 is 3.45. The van der Waals surface area contributed by atoms with E-state index in [0.717, 1.165) is 10.5 Å². The molecule has 1 fully saturated rings. The van der Waals surface area contributed by atoms with Gasteiger partial charge in [0, 0.05) is 20.0 Å². The third-order valence-corrected chi connectivity index (χ3v) is 6.09. The zero-order valence-electron chi connectivity index (χ0n) is 19.1.